The highest BCUT2D eigenvalue weighted by Crippen LogP contribution is 2.51. The summed E-state index contributed by atoms with van der Waals surface area (Å²) >= 11 is 0. The predicted molar refractivity (Wildman–Crippen MR) is 111 cm³/mol. The van der Waals surface area contributed by atoms with E-state index in [1.54, 1.807) is 6.33 Å². The summed E-state index contributed by atoms with van der Waals surface area (Å²) in [5, 5.41) is 1.00. The molecule has 2 fully saturated rings. The summed E-state index contributed by atoms with van der Waals surface area (Å²) in [6, 6.07) is 8.03. The van der Waals surface area contributed by atoms with E-state index in [-0.39, 0.29) is 25.2 Å². The zero-order valence-electron chi connectivity index (χ0n) is 18.0. The third kappa shape index (κ3) is 2.86. The SMILES string of the molecule is Cc1ncnc2c1ccn2[C@@H]1O[C@H](Cc2ccc3c(c2)OCO3)[C@@]2(C)OC(C)(C)O[C@@H]12. The van der Waals surface area contributed by atoms with Crippen LogP contribution in [0.15, 0.2) is 36.8 Å². The highest BCUT2D eigenvalue weighted by Gasteiger charge is 2.63. The van der Waals surface area contributed by atoms with Crippen molar-refractivity contribution in [1.29, 1.82) is 0 Å². The Hall–Kier alpha value is -2.68. The van der Waals surface area contributed by atoms with Crippen molar-refractivity contribution in [2.45, 2.75) is 63.9 Å². The van der Waals surface area contributed by atoms with Crippen LogP contribution < -0.4 is 9.47 Å². The number of aryl methyl sites for hydroxylation is 1. The molecule has 31 heavy (non-hydrogen) atoms. The Kier molecular flexibility index (Phi) is 3.94. The zero-order valence-corrected chi connectivity index (χ0v) is 18.0. The van der Waals surface area contributed by atoms with Crippen LogP contribution in [0.3, 0.4) is 0 Å². The normalized spacial score (nSPS) is 30.8. The van der Waals surface area contributed by atoms with Crippen molar-refractivity contribution in [3.63, 3.8) is 0 Å². The molecule has 0 radical (unpaired) electrons. The molecule has 0 N–H and O–H groups in total. The minimum absolute atomic E-state index is 0.218. The van der Waals surface area contributed by atoms with E-state index in [1.165, 1.54) is 0 Å². The first kappa shape index (κ1) is 19.0. The van der Waals surface area contributed by atoms with Crippen molar-refractivity contribution in [2.75, 3.05) is 6.79 Å². The second-order valence-corrected chi connectivity index (χ2v) is 9.05. The first-order chi connectivity index (χ1) is 14.8. The highest BCUT2D eigenvalue weighted by molar-refractivity contribution is 5.78. The van der Waals surface area contributed by atoms with Gasteiger partial charge >= 0.3 is 0 Å². The minimum atomic E-state index is -0.706. The van der Waals surface area contributed by atoms with Gasteiger partial charge < -0.3 is 28.3 Å². The van der Waals surface area contributed by atoms with E-state index in [9.17, 15) is 0 Å². The molecule has 4 atom stereocenters. The average Bonchev–Trinajstić information content (AvgIpc) is 3.45. The van der Waals surface area contributed by atoms with Gasteiger partial charge in [-0.1, -0.05) is 6.07 Å². The summed E-state index contributed by atoms with van der Waals surface area (Å²) in [5.41, 5.74) is 2.24. The number of fused-ring (bicyclic) bond motifs is 3. The summed E-state index contributed by atoms with van der Waals surface area (Å²) in [6.07, 6.45) is 3.37. The quantitative estimate of drug-likeness (QED) is 0.638. The van der Waals surface area contributed by atoms with E-state index in [0.29, 0.717) is 6.42 Å². The number of ether oxygens (including phenoxy) is 5. The summed E-state index contributed by atoms with van der Waals surface area (Å²) in [5.74, 6) is 0.831. The first-order valence-electron chi connectivity index (χ1n) is 10.5. The third-order valence-electron chi connectivity index (χ3n) is 6.48. The molecule has 3 aliphatic heterocycles. The lowest BCUT2D eigenvalue weighted by Gasteiger charge is -2.29. The van der Waals surface area contributed by atoms with Crippen molar-refractivity contribution < 1.29 is 23.7 Å². The lowest BCUT2D eigenvalue weighted by Crippen LogP contribution is -2.44. The monoisotopic (exact) mass is 423 g/mol. The van der Waals surface area contributed by atoms with Crippen molar-refractivity contribution in [3.8, 4) is 11.5 Å². The van der Waals surface area contributed by atoms with E-state index in [2.05, 4.69) is 16.9 Å². The van der Waals surface area contributed by atoms with E-state index in [4.69, 9.17) is 23.7 Å². The Balaban J connectivity index is 1.38. The molecule has 5 heterocycles. The van der Waals surface area contributed by atoms with Crippen LogP contribution in [0.1, 0.15) is 38.3 Å². The smallest absolute Gasteiger partial charge is 0.231 e. The number of benzene rings is 1. The maximum Gasteiger partial charge on any atom is 0.231 e. The molecule has 6 rings (SSSR count). The molecule has 0 unspecified atom stereocenters. The Morgan fingerprint density at radius 1 is 1.10 bits per heavy atom. The van der Waals surface area contributed by atoms with Crippen molar-refractivity contribution in [3.05, 3.63) is 48.0 Å². The van der Waals surface area contributed by atoms with Gasteiger partial charge in [-0.3, -0.25) is 0 Å². The maximum atomic E-state index is 6.62. The number of rotatable bonds is 3. The molecule has 0 bridgehead atoms. The molecule has 3 aromatic rings. The number of hydrogen-bond donors (Lipinski definition) is 0. The Morgan fingerprint density at radius 2 is 1.94 bits per heavy atom. The molecule has 3 aliphatic rings. The fourth-order valence-electron chi connectivity index (χ4n) is 5.05. The molecule has 2 aromatic heterocycles. The number of aromatic nitrogens is 3. The van der Waals surface area contributed by atoms with Crippen LogP contribution >= 0.6 is 0 Å². The molecular weight excluding hydrogens is 398 g/mol. The summed E-state index contributed by atoms with van der Waals surface area (Å²) < 4.78 is 32.5. The van der Waals surface area contributed by atoms with Gasteiger partial charge in [-0.25, -0.2) is 9.97 Å². The van der Waals surface area contributed by atoms with E-state index in [1.807, 2.05) is 55.8 Å². The van der Waals surface area contributed by atoms with Crippen molar-refractivity contribution >= 4 is 11.0 Å². The summed E-state index contributed by atoms with van der Waals surface area (Å²) in [6.45, 7) is 8.22. The molecule has 0 aliphatic carbocycles. The van der Waals surface area contributed by atoms with Crippen molar-refractivity contribution in [2.24, 2.45) is 0 Å². The van der Waals surface area contributed by atoms with E-state index in [0.717, 1.165) is 33.8 Å². The lowest BCUT2D eigenvalue weighted by atomic mass is 9.90. The molecule has 0 amide bonds. The molecule has 8 heteroatoms. The molecule has 2 saturated heterocycles. The van der Waals surface area contributed by atoms with Crippen LogP contribution in [0.2, 0.25) is 0 Å². The van der Waals surface area contributed by atoms with E-state index >= 15 is 0 Å². The van der Waals surface area contributed by atoms with Crippen LogP contribution in [0.25, 0.3) is 11.0 Å². The fraction of sp³-hybridized carbons (Fsp3) is 0.478. The molecule has 0 saturated carbocycles. The van der Waals surface area contributed by atoms with Gasteiger partial charge in [0.2, 0.25) is 6.79 Å². The van der Waals surface area contributed by atoms with Gasteiger partial charge in [0, 0.05) is 18.0 Å². The summed E-state index contributed by atoms with van der Waals surface area (Å²) in [7, 11) is 0. The van der Waals surface area contributed by atoms with Crippen molar-refractivity contribution in [1.82, 2.24) is 14.5 Å². The largest absolute Gasteiger partial charge is 0.454 e. The van der Waals surface area contributed by atoms with Crippen LogP contribution in [0.4, 0.5) is 0 Å². The van der Waals surface area contributed by atoms with Crippen LogP contribution in [0.5, 0.6) is 11.5 Å². The minimum Gasteiger partial charge on any atom is -0.454 e. The Bertz CT molecular complexity index is 1180. The summed E-state index contributed by atoms with van der Waals surface area (Å²) in [4.78, 5) is 8.82. The van der Waals surface area contributed by atoms with Gasteiger partial charge in [-0.05, 0) is 51.5 Å². The van der Waals surface area contributed by atoms with Gasteiger partial charge in [0.15, 0.2) is 23.5 Å². The van der Waals surface area contributed by atoms with Gasteiger partial charge in [-0.2, -0.15) is 0 Å². The first-order valence-corrected chi connectivity index (χ1v) is 10.5. The predicted octanol–water partition coefficient (Wildman–Crippen LogP) is 3.52. The van der Waals surface area contributed by atoms with Gasteiger partial charge in [0.05, 0.1) is 11.8 Å². The van der Waals surface area contributed by atoms with Crippen LogP contribution in [-0.2, 0) is 20.6 Å². The standard InChI is InChI=1S/C23H25N3O5/c1-13-15-7-8-26(20(15)25-11-24-13)21-19-23(4,31-22(2,3)30-19)18(29-21)10-14-5-6-16-17(9-14)28-12-27-16/h5-9,11,18-19,21H,10,12H2,1-4H3/t18-,19+,21-,23-/m1/s1. The Labute approximate surface area is 180 Å². The molecular formula is C23H25N3O5. The van der Waals surface area contributed by atoms with Gasteiger partial charge in [-0.15, -0.1) is 0 Å². The molecule has 0 spiro atoms. The molecule has 162 valence electrons. The second kappa shape index (κ2) is 6.41. The van der Waals surface area contributed by atoms with Gasteiger partial charge in [0.1, 0.15) is 23.7 Å². The van der Waals surface area contributed by atoms with Crippen LogP contribution in [0, 0.1) is 6.92 Å². The number of nitrogens with zero attached hydrogens (tertiary/aromatic N) is 3. The van der Waals surface area contributed by atoms with E-state index < -0.39 is 11.4 Å². The average molecular weight is 423 g/mol. The topological polar surface area (TPSA) is 76.9 Å². The second-order valence-electron chi connectivity index (χ2n) is 9.05. The van der Waals surface area contributed by atoms with Gasteiger partial charge in [0.25, 0.3) is 0 Å². The fourth-order valence-corrected chi connectivity index (χ4v) is 5.05. The third-order valence-corrected chi connectivity index (χ3v) is 6.48. The zero-order chi connectivity index (χ0) is 21.4. The highest BCUT2D eigenvalue weighted by atomic mass is 16.8. The molecule has 8 nitrogen and oxygen atoms in total. The Morgan fingerprint density at radius 3 is 2.81 bits per heavy atom. The molecule has 1 aromatic carbocycles. The maximum absolute atomic E-state index is 6.62. The van der Waals surface area contributed by atoms with Crippen LogP contribution in [-0.4, -0.2) is 44.9 Å². The lowest BCUT2D eigenvalue weighted by molar-refractivity contribution is -0.209. The number of hydrogen-bond acceptors (Lipinski definition) is 7.